The maximum atomic E-state index is 11.3. The topological polar surface area (TPSA) is 54.4 Å². The average Bonchev–Trinajstić information content (AvgIpc) is 1.82. The van der Waals surface area contributed by atoms with E-state index in [1.807, 2.05) is 13.8 Å². The summed E-state index contributed by atoms with van der Waals surface area (Å²) < 4.78 is 21.6. The maximum absolute atomic E-state index is 11.3. The van der Waals surface area contributed by atoms with Crippen molar-refractivity contribution in [3.8, 4) is 0 Å². The lowest BCUT2D eigenvalue weighted by molar-refractivity contribution is 0.114. The van der Waals surface area contributed by atoms with E-state index < -0.39 is 20.7 Å². The molecule has 13 heavy (non-hydrogen) atoms. The van der Waals surface area contributed by atoms with E-state index in [4.69, 9.17) is 0 Å². The summed E-state index contributed by atoms with van der Waals surface area (Å²) in [4.78, 5) is 0. The summed E-state index contributed by atoms with van der Waals surface area (Å²) in [5, 5.41) is 9.70. The number of hydrogen-bond donors (Lipinski definition) is 1. The number of sulfone groups is 1. The summed E-state index contributed by atoms with van der Waals surface area (Å²) >= 11 is 0. The van der Waals surface area contributed by atoms with Gasteiger partial charge in [0, 0.05) is 6.26 Å². The minimum Gasteiger partial charge on any atom is -0.391 e. The van der Waals surface area contributed by atoms with Gasteiger partial charge < -0.3 is 5.11 Å². The van der Waals surface area contributed by atoms with Crippen LogP contribution in [0.15, 0.2) is 0 Å². The molecule has 0 aromatic rings. The van der Waals surface area contributed by atoms with Crippen molar-refractivity contribution in [1.29, 1.82) is 0 Å². The minimum atomic E-state index is -3.20. The molecule has 1 atom stereocenters. The van der Waals surface area contributed by atoms with Crippen molar-refractivity contribution in [1.82, 2.24) is 0 Å². The Kier molecular flexibility index (Phi) is 3.94. The van der Waals surface area contributed by atoms with Gasteiger partial charge in [0.1, 0.15) is 0 Å². The first-order valence-corrected chi connectivity index (χ1v) is 6.36. The maximum Gasteiger partial charge on any atom is 0.155 e. The van der Waals surface area contributed by atoms with Crippen molar-refractivity contribution in [3.63, 3.8) is 0 Å². The quantitative estimate of drug-likeness (QED) is 0.755. The van der Waals surface area contributed by atoms with Crippen LogP contribution < -0.4 is 0 Å². The van der Waals surface area contributed by atoms with Crippen molar-refractivity contribution < 1.29 is 13.5 Å². The first-order chi connectivity index (χ1) is 5.59. The molecule has 0 aliphatic carbocycles. The molecule has 0 radical (unpaired) electrons. The van der Waals surface area contributed by atoms with Crippen LogP contribution >= 0.6 is 0 Å². The van der Waals surface area contributed by atoms with E-state index >= 15 is 0 Å². The second kappa shape index (κ2) is 3.96. The van der Waals surface area contributed by atoms with Gasteiger partial charge in [0.25, 0.3) is 0 Å². The molecule has 0 amide bonds. The number of aliphatic hydroxyl groups excluding tert-OH is 1. The van der Waals surface area contributed by atoms with Gasteiger partial charge in [0.05, 0.1) is 10.9 Å². The van der Waals surface area contributed by atoms with Gasteiger partial charge in [-0.2, -0.15) is 0 Å². The van der Waals surface area contributed by atoms with Gasteiger partial charge in [-0.25, -0.2) is 8.42 Å². The second-order valence-corrected chi connectivity index (χ2v) is 7.12. The van der Waals surface area contributed by atoms with Gasteiger partial charge in [-0.05, 0) is 26.2 Å². The lowest BCUT2D eigenvalue weighted by Gasteiger charge is -2.29. The highest BCUT2D eigenvalue weighted by atomic mass is 32.2. The Morgan fingerprint density at radius 1 is 1.31 bits per heavy atom. The SMILES string of the molecule is CC(C)CC(O)C(C)(C)S(C)(=O)=O. The van der Waals surface area contributed by atoms with Crippen LogP contribution in [0.5, 0.6) is 0 Å². The zero-order valence-electron chi connectivity index (χ0n) is 9.03. The van der Waals surface area contributed by atoms with Gasteiger partial charge in [-0.3, -0.25) is 0 Å². The number of rotatable bonds is 4. The van der Waals surface area contributed by atoms with E-state index in [0.29, 0.717) is 12.3 Å². The van der Waals surface area contributed by atoms with E-state index in [9.17, 15) is 13.5 Å². The molecule has 1 N–H and O–H groups in total. The van der Waals surface area contributed by atoms with Crippen molar-refractivity contribution in [2.75, 3.05) is 6.26 Å². The van der Waals surface area contributed by atoms with Crippen molar-refractivity contribution in [2.45, 2.75) is 45.0 Å². The summed E-state index contributed by atoms with van der Waals surface area (Å²) in [7, 11) is -3.20. The summed E-state index contributed by atoms with van der Waals surface area (Å²) in [6.07, 6.45) is 0.888. The normalized spacial score (nSPS) is 16.2. The molecule has 0 aliphatic rings. The molecule has 1 unspecified atom stereocenters. The molecule has 0 saturated carbocycles. The smallest absolute Gasteiger partial charge is 0.155 e. The van der Waals surface area contributed by atoms with Gasteiger partial charge in [0.2, 0.25) is 0 Å². The fourth-order valence-electron chi connectivity index (χ4n) is 0.977. The van der Waals surface area contributed by atoms with E-state index in [1.54, 1.807) is 13.8 Å². The summed E-state index contributed by atoms with van der Waals surface area (Å²) in [5.74, 6) is 0.302. The number of aliphatic hydroxyl groups is 1. The van der Waals surface area contributed by atoms with Crippen LogP contribution in [0.3, 0.4) is 0 Å². The van der Waals surface area contributed by atoms with Gasteiger partial charge in [-0.1, -0.05) is 13.8 Å². The Balaban J connectivity index is 4.65. The molecule has 0 aliphatic heterocycles. The van der Waals surface area contributed by atoms with E-state index in [1.165, 1.54) is 0 Å². The molecule has 0 fully saturated rings. The van der Waals surface area contributed by atoms with E-state index in [-0.39, 0.29) is 0 Å². The molecule has 80 valence electrons. The minimum absolute atomic E-state index is 0.302. The van der Waals surface area contributed by atoms with Gasteiger partial charge in [0.15, 0.2) is 9.84 Å². The third-order valence-electron chi connectivity index (χ3n) is 2.45. The van der Waals surface area contributed by atoms with Crippen LogP contribution in [0, 0.1) is 5.92 Å². The molecule has 0 aromatic carbocycles. The summed E-state index contributed by atoms with van der Waals surface area (Å²) in [6, 6.07) is 0. The molecule has 0 rings (SSSR count). The molecular formula is C9H20O3S. The largest absolute Gasteiger partial charge is 0.391 e. The Bertz CT molecular complexity index is 252. The standard InChI is InChI=1S/C9H20O3S/c1-7(2)6-8(10)9(3,4)13(5,11)12/h7-8,10H,6H2,1-5H3. The summed E-state index contributed by atoms with van der Waals surface area (Å²) in [6.45, 7) is 7.05. The number of hydrogen-bond acceptors (Lipinski definition) is 3. The predicted molar refractivity (Wildman–Crippen MR) is 54.4 cm³/mol. The third-order valence-corrected chi connectivity index (χ3v) is 4.64. The van der Waals surface area contributed by atoms with Crippen molar-refractivity contribution >= 4 is 9.84 Å². The Morgan fingerprint density at radius 3 is 1.92 bits per heavy atom. The second-order valence-electron chi connectivity index (χ2n) is 4.52. The fourth-order valence-corrected chi connectivity index (χ4v) is 1.57. The van der Waals surface area contributed by atoms with Gasteiger partial charge >= 0.3 is 0 Å². The van der Waals surface area contributed by atoms with Crippen LogP contribution in [-0.2, 0) is 9.84 Å². The first kappa shape index (κ1) is 12.9. The molecule has 0 aromatic heterocycles. The third kappa shape index (κ3) is 3.27. The highest BCUT2D eigenvalue weighted by Crippen LogP contribution is 2.24. The summed E-state index contributed by atoms with van der Waals surface area (Å²) in [5.41, 5.74) is 0. The predicted octanol–water partition coefficient (Wildman–Crippen LogP) is 1.22. The average molecular weight is 208 g/mol. The Morgan fingerprint density at radius 2 is 1.69 bits per heavy atom. The Labute approximate surface area is 81.1 Å². The fraction of sp³-hybridized carbons (Fsp3) is 1.00. The molecule has 0 spiro atoms. The zero-order valence-corrected chi connectivity index (χ0v) is 9.85. The Hall–Kier alpha value is -0.0900. The molecule has 3 nitrogen and oxygen atoms in total. The molecule has 0 heterocycles. The zero-order chi connectivity index (χ0) is 10.9. The first-order valence-electron chi connectivity index (χ1n) is 4.46. The van der Waals surface area contributed by atoms with Crippen LogP contribution in [-0.4, -0.2) is 30.6 Å². The lowest BCUT2D eigenvalue weighted by atomic mass is 9.97. The van der Waals surface area contributed by atoms with Crippen LogP contribution in [0.2, 0.25) is 0 Å². The monoisotopic (exact) mass is 208 g/mol. The molecule has 0 bridgehead atoms. The molecular weight excluding hydrogens is 188 g/mol. The van der Waals surface area contributed by atoms with Crippen LogP contribution in [0.25, 0.3) is 0 Å². The lowest BCUT2D eigenvalue weighted by Crippen LogP contribution is -2.43. The highest BCUT2D eigenvalue weighted by Gasteiger charge is 2.37. The van der Waals surface area contributed by atoms with E-state index in [2.05, 4.69) is 0 Å². The molecule has 4 heteroatoms. The van der Waals surface area contributed by atoms with Gasteiger partial charge in [-0.15, -0.1) is 0 Å². The van der Waals surface area contributed by atoms with Crippen molar-refractivity contribution in [3.05, 3.63) is 0 Å². The molecule has 0 saturated heterocycles. The van der Waals surface area contributed by atoms with E-state index in [0.717, 1.165) is 6.26 Å². The van der Waals surface area contributed by atoms with Crippen LogP contribution in [0.4, 0.5) is 0 Å². The van der Waals surface area contributed by atoms with Crippen molar-refractivity contribution in [2.24, 2.45) is 5.92 Å². The highest BCUT2D eigenvalue weighted by molar-refractivity contribution is 7.92. The van der Waals surface area contributed by atoms with Crippen LogP contribution in [0.1, 0.15) is 34.1 Å².